The highest BCUT2D eigenvalue weighted by atomic mass is 19.1. The van der Waals surface area contributed by atoms with E-state index in [1.165, 1.54) is 6.07 Å². The molecule has 0 heterocycles. The van der Waals surface area contributed by atoms with Gasteiger partial charge in [0, 0.05) is 0 Å². The summed E-state index contributed by atoms with van der Waals surface area (Å²) in [4.78, 5) is 0. The average molecular weight is 233 g/mol. The van der Waals surface area contributed by atoms with Crippen molar-refractivity contribution in [2.24, 2.45) is 5.92 Å². The normalized spacial score (nSPS) is 24.3. The fourth-order valence-electron chi connectivity index (χ4n) is 2.55. The van der Waals surface area contributed by atoms with Crippen LogP contribution in [-0.2, 0) is 0 Å². The molecular formula is C14H16FNO. The number of hydrogen-bond acceptors (Lipinski definition) is 2. The molecule has 0 unspecified atom stereocenters. The van der Waals surface area contributed by atoms with Gasteiger partial charge in [0.1, 0.15) is 23.2 Å². The maximum absolute atomic E-state index is 13.6. The second kappa shape index (κ2) is 4.75. The van der Waals surface area contributed by atoms with Crippen LogP contribution in [0.1, 0.15) is 49.7 Å². The topological polar surface area (TPSA) is 44.0 Å². The number of halogens is 1. The Labute approximate surface area is 101 Å². The van der Waals surface area contributed by atoms with E-state index in [0.717, 1.165) is 37.2 Å². The van der Waals surface area contributed by atoms with E-state index in [-0.39, 0.29) is 11.3 Å². The SMILES string of the molecule is CC1CCC(c2cc(O)c(C#N)c(F)c2)CC1. The molecule has 2 rings (SSSR count). The molecule has 1 aromatic rings. The van der Waals surface area contributed by atoms with Gasteiger partial charge in [0.25, 0.3) is 0 Å². The van der Waals surface area contributed by atoms with Gasteiger partial charge in [-0.1, -0.05) is 19.8 Å². The van der Waals surface area contributed by atoms with Crippen molar-refractivity contribution < 1.29 is 9.50 Å². The van der Waals surface area contributed by atoms with E-state index in [4.69, 9.17) is 5.26 Å². The third-order valence-corrected chi connectivity index (χ3v) is 3.69. The van der Waals surface area contributed by atoms with Crippen molar-refractivity contribution in [2.45, 2.75) is 38.5 Å². The lowest BCUT2D eigenvalue weighted by Gasteiger charge is -2.26. The van der Waals surface area contributed by atoms with Gasteiger partial charge in [0.05, 0.1) is 0 Å². The third kappa shape index (κ3) is 2.41. The molecule has 0 aliphatic heterocycles. The zero-order valence-electron chi connectivity index (χ0n) is 9.91. The molecule has 1 saturated carbocycles. The highest BCUT2D eigenvalue weighted by Gasteiger charge is 2.21. The molecule has 1 aromatic carbocycles. The Morgan fingerprint density at radius 3 is 2.47 bits per heavy atom. The van der Waals surface area contributed by atoms with Gasteiger partial charge in [0.15, 0.2) is 0 Å². The van der Waals surface area contributed by atoms with Gasteiger partial charge in [-0.15, -0.1) is 0 Å². The molecule has 17 heavy (non-hydrogen) atoms. The quantitative estimate of drug-likeness (QED) is 0.803. The van der Waals surface area contributed by atoms with Crippen LogP contribution in [0.4, 0.5) is 4.39 Å². The van der Waals surface area contributed by atoms with Crippen LogP contribution in [0.25, 0.3) is 0 Å². The maximum atomic E-state index is 13.6. The number of rotatable bonds is 1. The van der Waals surface area contributed by atoms with Crippen LogP contribution in [0.5, 0.6) is 5.75 Å². The number of phenolic OH excluding ortho intramolecular Hbond substituents is 1. The summed E-state index contributed by atoms with van der Waals surface area (Å²) in [5.41, 5.74) is 0.573. The van der Waals surface area contributed by atoms with Crippen LogP contribution in [0.2, 0.25) is 0 Å². The van der Waals surface area contributed by atoms with Crippen LogP contribution in [0.15, 0.2) is 12.1 Å². The molecule has 0 aromatic heterocycles. The van der Waals surface area contributed by atoms with Crippen LogP contribution in [0, 0.1) is 23.1 Å². The Hall–Kier alpha value is -1.56. The molecule has 0 spiro atoms. The lowest BCUT2D eigenvalue weighted by atomic mass is 9.79. The predicted molar refractivity (Wildman–Crippen MR) is 63.2 cm³/mol. The van der Waals surface area contributed by atoms with Crippen molar-refractivity contribution in [1.82, 2.24) is 0 Å². The summed E-state index contributed by atoms with van der Waals surface area (Å²) in [6.07, 6.45) is 4.36. The molecule has 0 amide bonds. The first-order valence-corrected chi connectivity index (χ1v) is 6.04. The monoisotopic (exact) mass is 233 g/mol. The average Bonchev–Trinajstić information content (AvgIpc) is 2.29. The van der Waals surface area contributed by atoms with Crippen molar-refractivity contribution in [3.8, 4) is 11.8 Å². The molecule has 0 atom stereocenters. The lowest BCUT2D eigenvalue weighted by molar-refractivity contribution is 0.346. The van der Waals surface area contributed by atoms with Crippen molar-refractivity contribution in [2.75, 3.05) is 0 Å². The van der Waals surface area contributed by atoms with Gasteiger partial charge in [-0.2, -0.15) is 5.26 Å². The van der Waals surface area contributed by atoms with Crippen LogP contribution < -0.4 is 0 Å². The highest BCUT2D eigenvalue weighted by molar-refractivity contribution is 5.46. The zero-order chi connectivity index (χ0) is 12.4. The van der Waals surface area contributed by atoms with Crippen molar-refractivity contribution in [1.29, 1.82) is 5.26 Å². The molecule has 3 heteroatoms. The molecule has 90 valence electrons. The minimum absolute atomic E-state index is 0.235. The first-order chi connectivity index (χ1) is 8.11. The molecule has 0 saturated heterocycles. The highest BCUT2D eigenvalue weighted by Crippen LogP contribution is 2.37. The Morgan fingerprint density at radius 1 is 1.29 bits per heavy atom. The van der Waals surface area contributed by atoms with E-state index < -0.39 is 5.82 Å². The molecule has 1 aliphatic carbocycles. The van der Waals surface area contributed by atoms with E-state index in [0.29, 0.717) is 5.92 Å². The number of nitriles is 1. The summed E-state index contributed by atoms with van der Waals surface area (Å²) in [5.74, 6) is 0.213. The summed E-state index contributed by atoms with van der Waals surface area (Å²) in [6.45, 7) is 2.23. The summed E-state index contributed by atoms with van der Waals surface area (Å²) in [7, 11) is 0. The molecule has 1 N–H and O–H groups in total. The lowest BCUT2D eigenvalue weighted by Crippen LogP contribution is -2.11. The molecule has 1 aliphatic rings. The Kier molecular flexibility index (Phi) is 3.33. The second-order valence-corrected chi connectivity index (χ2v) is 4.97. The predicted octanol–water partition coefficient (Wildman–Crippen LogP) is 3.70. The Morgan fingerprint density at radius 2 is 1.94 bits per heavy atom. The van der Waals surface area contributed by atoms with Gasteiger partial charge in [-0.05, 0) is 42.4 Å². The summed E-state index contributed by atoms with van der Waals surface area (Å²) >= 11 is 0. The summed E-state index contributed by atoms with van der Waals surface area (Å²) in [6, 6.07) is 4.62. The minimum Gasteiger partial charge on any atom is -0.506 e. The second-order valence-electron chi connectivity index (χ2n) is 4.97. The largest absolute Gasteiger partial charge is 0.506 e. The number of hydrogen-bond donors (Lipinski definition) is 1. The van der Waals surface area contributed by atoms with Crippen molar-refractivity contribution >= 4 is 0 Å². The standard InChI is InChI=1S/C14H16FNO/c1-9-2-4-10(5-3-9)11-6-13(15)12(8-16)14(17)7-11/h6-7,9-10,17H,2-5H2,1H3. The van der Waals surface area contributed by atoms with Gasteiger partial charge in [-0.3, -0.25) is 0 Å². The fourth-order valence-corrected chi connectivity index (χ4v) is 2.55. The maximum Gasteiger partial charge on any atom is 0.145 e. The van der Waals surface area contributed by atoms with E-state index in [9.17, 15) is 9.50 Å². The van der Waals surface area contributed by atoms with E-state index in [2.05, 4.69) is 6.92 Å². The van der Waals surface area contributed by atoms with E-state index >= 15 is 0 Å². The molecule has 2 nitrogen and oxygen atoms in total. The van der Waals surface area contributed by atoms with Crippen molar-refractivity contribution in [3.05, 3.63) is 29.1 Å². The fraction of sp³-hybridized carbons (Fsp3) is 0.500. The van der Waals surface area contributed by atoms with E-state index in [1.54, 1.807) is 12.1 Å². The van der Waals surface area contributed by atoms with E-state index in [1.807, 2.05) is 0 Å². The van der Waals surface area contributed by atoms with Gasteiger partial charge in [-0.25, -0.2) is 4.39 Å². The Balaban J connectivity index is 2.26. The summed E-state index contributed by atoms with van der Waals surface area (Å²) < 4.78 is 13.6. The van der Waals surface area contributed by atoms with Gasteiger partial charge >= 0.3 is 0 Å². The van der Waals surface area contributed by atoms with Crippen LogP contribution in [-0.4, -0.2) is 5.11 Å². The first-order valence-electron chi connectivity index (χ1n) is 6.04. The van der Waals surface area contributed by atoms with Crippen LogP contribution >= 0.6 is 0 Å². The first kappa shape index (κ1) is 11.9. The number of nitrogens with zero attached hydrogens (tertiary/aromatic N) is 1. The Bertz CT molecular complexity index is 433. The molecule has 0 bridgehead atoms. The molecular weight excluding hydrogens is 217 g/mol. The number of benzene rings is 1. The minimum atomic E-state index is -0.610. The zero-order valence-corrected chi connectivity index (χ0v) is 9.91. The van der Waals surface area contributed by atoms with Gasteiger partial charge in [0.2, 0.25) is 0 Å². The molecule has 1 fully saturated rings. The van der Waals surface area contributed by atoms with Gasteiger partial charge < -0.3 is 5.11 Å². The number of aromatic hydroxyl groups is 1. The smallest absolute Gasteiger partial charge is 0.145 e. The number of phenols is 1. The summed E-state index contributed by atoms with van der Waals surface area (Å²) in [5, 5.41) is 18.3. The van der Waals surface area contributed by atoms with Crippen LogP contribution in [0.3, 0.4) is 0 Å². The van der Waals surface area contributed by atoms with Crippen molar-refractivity contribution in [3.63, 3.8) is 0 Å². The third-order valence-electron chi connectivity index (χ3n) is 3.69. The molecule has 0 radical (unpaired) electrons.